The van der Waals surface area contributed by atoms with Crippen molar-refractivity contribution in [1.82, 2.24) is 5.32 Å². The standard InChI is InChI=1S/C13H17BrN2O2/c1-13(5-2-6-18-8-13)16-12(17)9-3-4-10(14)11(15)7-9/h3-4,7H,2,5-6,8,15H2,1H3,(H,16,17). The fourth-order valence-corrected chi connectivity index (χ4v) is 2.31. The molecule has 0 aliphatic carbocycles. The molecule has 3 N–H and O–H groups in total. The van der Waals surface area contributed by atoms with Gasteiger partial charge in [-0.25, -0.2) is 0 Å². The number of nitrogens with two attached hydrogens (primary N) is 1. The molecule has 2 rings (SSSR count). The van der Waals surface area contributed by atoms with Gasteiger partial charge in [0.25, 0.3) is 5.91 Å². The molecular weight excluding hydrogens is 296 g/mol. The molecule has 0 saturated carbocycles. The minimum Gasteiger partial charge on any atom is -0.398 e. The second-order valence-electron chi connectivity index (χ2n) is 4.91. The van der Waals surface area contributed by atoms with E-state index in [4.69, 9.17) is 10.5 Å². The van der Waals surface area contributed by atoms with Gasteiger partial charge in [0.15, 0.2) is 0 Å². The lowest BCUT2D eigenvalue weighted by molar-refractivity contribution is 0.0272. The Morgan fingerprint density at radius 3 is 2.94 bits per heavy atom. The Hall–Kier alpha value is -1.07. The molecule has 0 bridgehead atoms. The van der Waals surface area contributed by atoms with Crippen LogP contribution in [-0.2, 0) is 4.74 Å². The Labute approximate surface area is 115 Å². The van der Waals surface area contributed by atoms with Crippen LogP contribution >= 0.6 is 15.9 Å². The molecule has 1 heterocycles. The summed E-state index contributed by atoms with van der Waals surface area (Å²) < 4.78 is 6.22. The maximum Gasteiger partial charge on any atom is 0.251 e. The zero-order valence-corrected chi connectivity index (χ0v) is 11.9. The summed E-state index contributed by atoms with van der Waals surface area (Å²) in [6.07, 6.45) is 1.91. The van der Waals surface area contributed by atoms with Crippen molar-refractivity contribution >= 4 is 27.5 Å². The summed E-state index contributed by atoms with van der Waals surface area (Å²) >= 11 is 3.31. The van der Waals surface area contributed by atoms with E-state index in [1.165, 1.54) is 0 Å². The van der Waals surface area contributed by atoms with E-state index in [2.05, 4.69) is 21.2 Å². The molecule has 18 heavy (non-hydrogen) atoms. The van der Waals surface area contributed by atoms with Crippen LogP contribution in [0.3, 0.4) is 0 Å². The summed E-state index contributed by atoms with van der Waals surface area (Å²) in [4.78, 5) is 12.1. The molecule has 1 saturated heterocycles. The van der Waals surface area contributed by atoms with E-state index in [1.54, 1.807) is 18.2 Å². The van der Waals surface area contributed by atoms with Gasteiger partial charge in [-0.05, 0) is 53.9 Å². The monoisotopic (exact) mass is 312 g/mol. The van der Waals surface area contributed by atoms with E-state index in [-0.39, 0.29) is 11.4 Å². The van der Waals surface area contributed by atoms with E-state index in [0.717, 1.165) is 23.9 Å². The van der Waals surface area contributed by atoms with E-state index in [0.29, 0.717) is 17.9 Å². The van der Waals surface area contributed by atoms with Crippen molar-refractivity contribution in [2.75, 3.05) is 18.9 Å². The summed E-state index contributed by atoms with van der Waals surface area (Å²) in [6, 6.07) is 5.21. The number of ether oxygens (including phenoxy) is 1. The number of carbonyl (C=O) groups excluding carboxylic acids is 1. The molecule has 1 aromatic carbocycles. The summed E-state index contributed by atoms with van der Waals surface area (Å²) in [7, 11) is 0. The van der Waals surface area contributed by atoms with Crippen LogP contribution in [0.5, 0.6) is 0 Å². The van der Waals surface area contributed by atoms with E-state index in [1.807, 2.05) is 6.92 Å². The molecule has 1 aliphatic heterocycles. The topological polar surface area (TPSA) is 64.4 Å². The molecular formula is C13H17BrN2O2. The number of nitrogen functional groups attached to an aromatic ring is 1. The zero-order chi connectivity index (χ0) is 13.2. The van der Waals surface area contributed by atoms with Crippen LogP contribution < -0.4 is 11.1 Å². The molecule has 1 aliphatic rings. The first-order valence-electron chi connectivity index (χ1n) is 5.95. The van der Waals surface area contributed by atoms with Crippen LogP contribution in [-0.4, -0.2) is 24.7 Å². The Kier molecular flexibility index (Phi) is 3.92. The van der Waals surface area contributed by atoms with Crippen molar-refractivity contribution in [3.63, 3.8) is 0 Å². The summed E-state index contributed by atoms with van der Waals surface area (Å²) in [5.41, 5.74) is 6.63. The smallest absolute Gasteiger partial charge is 0.251 e. The number of hydrogen-bond acceptors (Lipinski definition) is 3. The molecule has 98 valence electrons. The van der Waals surface area contributed by atoms with Crippen LogP contribution in [0.4, 0.5) is 5.69 Å². The maximum atomic E-state index is 12.1. The maximum absolute atomic E-state index is 12.1. The van der Waals surface area contributed by atoms with E-state index in [9.17, 15) is 4.79 Å². The minimum atomic E-state index is -0.281. The van der Waals surface area contributed by atoms with Gasteiger partial charge in [-0.3, -0.25) is 4.79 Å². The van der Waals surface area contributed by atoms with Gasteiger partial charge in [0.1, 0.15) is 0 Å². The van der Waals surface area contributed by atoms with Gasteiger partial charge in [-0.1, -0.05) is 0 Å². The third kappa shape index (κ3) is 3.03. The quantitative estimate of drug-likeness (QED) is 0.824. The molecule has 0 spiro atoms. The average Bonchev–Trinajstić information content (AvgIpc) is 2.33. The molecule has 0 radical (unpaired) electrons. The molecule has 4 nitrogen and oxygen atoms in total. The fraction of sp³-hybridized carbons (Fsp3) is 0.462. The SMILES string of the molecule is CC1(NC(=O)c2ccc(Br)c(N)c2)CCCOC1. The number of benzene rings is 1. The third-order valence-electron chi connectivity index (χ3n) is 3.11. The summed E-state index contributed by atoms with van der Waals surface area (Å²) in [5.74, 6) is -0.109. The van der Waals surface area contributed by atoms with Crippen molar-refractivity contribution in [3.8, 4) is 0 Å². The lowest BCUT2D eigenvalue weighted by Gasteiger charge is -2.34. The number of anilines is 1. The number of carbonyl (C=O) groups is 1. The predicted octanol–water partition coefficient (Wildman–Crippen LogP) is 2.33. The Morgan fingerprint density at radius 1 is 1.56 bits per heavy atom. The number of rotatable bonds is 2. The number of amides is 1. The van der Waals surface area contributed by atoms with Crippen molar-refractivity contribution in [3.05, 3.63) is 28.2 Å². The highest BCUT2D eigenvalue weighted by molar-refractivity contribution is 9.10. The minimum absolute atomic E-state index is 0.109. The van der Waals surface area contributed by atoms with Crippen LogP contribution in [0.2, 0.25) is 0 Å². The average molecular weight is 313 g/mol. The highest BCUT2D eigenvalue weighted by atomic mass is 79.9. The van der Waals surface area contributed by atoms with Crippen molar-refractivity contribution < 1.29 is 9.53 Å². The molecule has 5 heteroatoms. The van der Waals surface area contributed by atoms with Gasteiger partial charge in [0, 0.05) is 22.3 Å². The van der Waals surface area contributed by atoms with E-state index < -0.39 is 0 Å². The van der Waals surface area contributed by atoms with Gasteiger partial charge >= 0.3 is 0 Å². The largest absolute Gasteiger partial charge is 0.398 e. The first-order chi connectivity index (χ1) is 8.50. The van der Waals surface area contributed by atoms with E-state index >= 15 is 0 Å². The van der Waals surface area contributed by atoms with Gasteiger partial charge in [0.05, 0.1) is 12.1 Å². The summed E-state index contributed by atoms with van der Waals surface area (Å²) in [6.45, 7) is 3.34. The van der Waals surface area contributed by atoms with Crippen molar-refractivity contribution in [2.45, 2.75) is 25.3 Å². The Balaban J connectivity index is 2.09. The highest BCUT2D eigenvalue weighted by Crippen LogP contribution is 2.22. The normalized spacial score (nSPS) is 23.7. The molecule has 1 aromatic rings. The number of hydrogen-bond donors (Lipinski definition) is 2. The van der Waals surface area contributed by atoms with Crippen LogP contribution in [0.15, 0.2) is 22.7 Å². The third-order valence-corrected chi connectivity index (χ3v) is 3.83. The second-order valence-corrected chi connectivity index (χ2v) is 5.76. The predicted molar refractivity (Wildman–Crippen MR) is 74.5 cm³/mol. The molecule has 1 amide bonds. The molecule has 1 fully saturated rings. The van der Waals surface area contributed by atoms with Crippen LogP contribution in [0.25, 0.3) is 0 Å². The second kappa shape index (κ2) is 5.28. The lowest BCUT2D eigenvalue weighted by Crippen LogP contribution is -2.51. The first-order valence-corrected chi connectivity index (χ1v) is 6.75. The van der Waals surface area contributed by atoms with Gasteiger partial charge in [-0.15, -0.1) is 0 Å². The first kappa shape index (κ1) is 13.4. The van der Waals surface area contributed by atoms with Gasteiger partial charge < -0.3 is 15.8 Å². The van der Waals surface area contributed by atoms with Gasteiger partial charge in [0.2, 0.25) is 0 Å². The van der Waals surface area contributed by atoms with Crippen LogP contribution in [0, 0.1) is 0 Å². The fourth-order valence-electron chi connectivity index (χ4n) is 2.06. The molecule has 1 atom stereocenters. The highest BCUT2D eigenvalue weighted by Gasteiger charge is 2.29. The van der Waals surface area contributed by atoms with Gasteiger partial charge in [-0.2, -0.15) is 0 Å². The summed E-state index contributed by atoms with van der Waals surface area (Å²) in [5, 5.41) is 3.02. The Morgan fingerprint density at radius 2 is 2.33 bits per heavy atom. The molecule has 0 aromatic heterocycles. The van der Waals surface area contributed by atoms with Crippen molar-refractivity contribution in [2.24, 2.45) is 0 Å². The number of nitrogens with one attached hydrogen (secondary N) is 1. The lowest BCUT2D eigenvalue weighted by atomic mass is 9.94. The molecule has 1 unspecified atom stereocenters. The number of halogens is 1. The van der Waals surface area contributed by atoms with Crippen LogP contribution in [0.1, 0.15) is 30.1 Å². The zero-order valence-electron chi connectivity index (χ0n) is 10.3. The Bertz CT molecular complexity index is 456. The van der Waals surface area contributed by atoms with Crippen molar-refractivity contribution in [1.29, 1.82) is 0 Å².